The Balaban J connectivity index is 1.70. The fraction of sp³-hybridized carbons (Fsp3) is 1.00. The molecule has 1 N–H and O–H groups in total. The van der Waals surface area contributed by atoms with Gasteiger partial charge in [0.25, 0.3) is 0 Å². The molecule has 0 saturated carbocycles. The molecule has 0 amide bonds. The van der Waals surface area contributed by atoms with Crippen molar-refractivity contribution in [1.82, 2.24) is 10.2 Å². The lowest BCUT2D eigenvalue weighted by molar-refractivity contribution is 0.0722. The molecule has 0 radical (unpaired) electrons. The Morgan fingerprint density at radius 2 is 2.20 bits per heavy atom. The highest BCUT2D eigenvalue weighted by atomic mass is 16.5. The molecular formula is C12H24N2O. The van der Waals surface area contributed by atoms with Gasteiger partial charge in [-0.05, 0) is 38.8 Å². The van der Waals surface area contributed by atoms with Gasteiger partial charge in [-0.3, -0.25) is 4.90 Å². The SMILES string of the molecule is CCN(CC1CCCO1)C[C@@H]1CCCN1. The largest absolute Gasteiger partial charge is 0.377 e. The molecule has 3 nitrogen and oxygen atoms in total. The first kappa shape index (κ1) is 11.4. The van der Waals surface area contributed by atoms with Crippen molar-refractivity contribution in [2.75, 3.05) is 32.8 Å². The molecule has 2 aliphatic heterocycles. The molecular weight excluding hydrogens is 188 g/mol. The molecule has 0 bridgehead atoms. The van der Waals surface area contributed by atoms with E-state index in [0.717, 1.165) is 25.7 Å². The van der Waals surface area contributed by atoms with Gasteiger partial charge in [0, 0.05) is 25.7 Å². The lowest BCUT2D eigenvalue weighted by atomic mass is 10.2. The topological polar surface area (TPSA) is 24.5 Å². The van der Waals surface area contributed by atoms with Gasteiger partial charge in [-0.25, -0.2) is 0 Å². The molecule has 0 spiro atoms. The van der Waals surface area contributed by atoms with E-state index in [1.807, 2.05) is 0 Å². The highest BCUT2D eigenvalue weighted by Crippen LogP contribution is 2.14. The molecule has 0 aromatic heterocycles. The molecule has 0 aromatic rings. The van der Waals surface area contributed by atoms with E-state index in [0.29, 0.717) is 6.10 Å². The van der Waals surface area contributed by atoms with Gasteiger partial charge >= 0.3 is 0 Å². The zero-order valence-corrected chi connectivity index (χ0v) is 9.87. The molecule has 2 saturated heterocycles. The minimum absolute atomic E-state index is 0.506. The van der Waals surface area contributed by atoms with Crippen molar-refractivity contribution in [2.24, 2.45) is 0 Å². The molecule has 3 heteroatoms. The predicted molar refractivity (Wildman–Crippen MR) is 62.1 cm³/mol. The summed E-state index contributed by atoms with van der Waals surface area (Å²) in [5.74, 6) is 0. The lowest BCUT2D eigenvalue weighted by Gasteiger charge is -2.26. The third-order valence-electron chi connectivity index (χ3n) is 3.57. The summed E-state index contributed by atoms with van der Waals surface area (Å²) in [7, 11) is 0. The first-order valence-electron chi connectivity index (χ1n) is 6.46. The summed E-state index contributed by atoms with van der Waals surface area (Å²) in [4.78, 5) is 2.54. The number of nitrogens with one attached hydrogen (secondary N) is 1. The van der Waals surface area contributed by atoms with Gasteiger partial charge < -0.3 is 10.1 Å². The van der Waals surface area contributed by atoms with Crippen LogP contribution in [0.5, 0.6) is 0 Å². The fourth-order valence-corrected chi connectivity index (χ4v) is 2.63. The molecule has 88 valence electrons. The number of hydrogen-bond acceptors (Lipinski definition) is 3. The van der Waals surface area contributed by atoms with Crippen LogP contribution in [0.25, 0.3) is 0 Å². The number of nitrogens with zero attached hydrogens (tertiary/aromatic N) is 1. The smallest absolute Gasteiger partial charge is 0.0702 e. The molecule has 15 heavy (non-hydrogen) atoms. The summed E-state index contributed by atoms with van der Waals surface area (Å²) >= 11 is 0. The van der Waals surface area contributed by atoms with E-state index in [1.165, 1.54) is 38.8 Å². The Labute approximate surface area is 93.2 Å². The maximum atomic E-state index is 5.69. The van der Waals surface area contributed by atoms with Crippen LogP contribution in [0.3, 0.4) is 0 Å². The highest BCUT2D eigenvalue weighted by Gasteiger charge is 2.21. The first-order valence-corrected chi connectivity index (χ1v) is 6.46. The van der Waals surface area contributed by atoms with Crippen LogP contribution in [0.4, 0.5) is 0 Å². The maximum absolute atomic E-state index is 5.69. The van der Waals surface area contributed by atoms with Crippen LogP contribution >= 0.6 is 0 Å². The van der Waals surface area contributed by atoms with Gasteiger partial charge in [-0.1, -0.05) is 6.92 Å². The second-order valence-corrected chi connectivity index (χ2v) is 4.78. The van der Waals surface area contributed by atoms with Crippen LogP contribution in [0.1, 0.15) is 32.6 Å². The second kappa shape index (κ2) is 5.83. The van der Waals surface area contributed by atoms with Crippen molar-refractivity contribution in [3.05, 3.63) is 0 Å². The van der Waals surface area contributed by atoms with E-state index >= 15 is 0 Å². The molecule has 2 aliphatic rings. The van der Waals surface area contributed by atoms with Crippen LogP contribution in [0, 0.1) is 0 Å². The van der Waals surface area contributed by atoms with Gasteiger partial charge in [-0.2, -0.15) is 0 Å². The fourth-order valence-electron chi connectivity index (χ4n) is 2.63. The summed E-state index contributed by atoms with van der Waals surface area (Å²) in [6.45, 7) is 7.93. The summed E-state index contributed by atoms with van der Waals surface area (Å²) in [5.41, 5.74) is 0. The molecule has 0 aliphatic carbocycles. The average Bonchev–Trinajstić information content (AvgIpc) is 2.89. The number of ether oxygens (including phenoxy) is 1. The Morgan fingerprint density at radius 1 is 1.27 bits per heavy atom. The minimum Gasteiger partial charge on any atom is -0.377 e. The Kier molecular flexibility index (Phi) is 4.42. The van der Waals surface area contributed by atoms with Crippen molar-refractivity contribution in [3.8, 4) is 0 Å². The maximum Gasteiger partial charge on any atom is 0.0702 e. The standard InChI is InChI=1S/C12H24N2O/c1-2-14(9-11-5-3-7-13-11)10-12-6-4-8-15-12/h11-13H,2-10H2,1H3/t11-,12?/m0/s1. The van der Waals surface area contributed by atoms with Crippen LogP contribution < -0.4 is 5.32 Å². The van der Waals surface area contributed by atoms with Crippen LogP contribution in [-0.2, 0) is 4.74 Å². The van der Waals surface area contributed by atoms with Crippen LogP contribution in [0.2, 0.25) is 0 Å². The van der Waals surface area contributed by atoms with Gasteiger partial charge in [0.2, 0.25) is 0 Å². The molecule has 2 atom stereocenters. The van der Waals surface area contributed by atoms with E-state index < -0.39 is 0 Å². The third kappa shape index (κ3) is 3.44. The summed E-state index contributed by atoms with van der Waals surface area (Å²) in [6.07, 6.45) is 5.72. The van der Waals surface area contributed by atoms with Crippen molar-refractivity contribution >= 4 is 0 Å². The van der Waals surface area contributed by atoms with Crippen molar-refractivity contribution in [1.29, 1.82) is 0 Å². The van der Waals surface area contributed by atoms with Crippen LogP contribution in [-0.4, -0.2) is 49.8 Å². The molecule has 2 rings (SSSR count). The Bertz CT molecular complexity index is 156. The van der Waals surface area contributed by atoms with Crippen molar-refractivity contribution in [3.63, 3.8) is 0 Å². The predicted octanol–water partition coefficient (Wildman–Crippen LogP) is 1.24. The zero-order valence-electron chi connectivity index (χ0n) is 9.87. The van der Waals surface area contributed by atoms with E-state index in [2.05, 4.69) is 17.1 Å². The van der Waals surface area contributed by atoms with Crippen molar-refractivity contribution < 1.29 is 4.74 Å². The zero-order chi connectivity index (χ0) is 10.5. The van der Waals surface area contributed by atoms with Gasteiger partial charge in [-0.15, -0.1) is 0 Å². The number of rotatable bonds is 5. The highest BCUT2D eigenvalue weighted by molar-refractivity contribution is 4.79. The Hall–Kier alpha value is -0.120. The van der Waals surface area contributed by atoms with E-state index in [9.17, 15) is 0 Å². The summed E-state index contributed by atoms with van der Waals surface area (Å²) in [5, 5.41) is 3.56. The molecule has 2 fully saturated rings. The van der Waals surface area contributed by atoms with Gasteiger partial charge in [0.1, 0.15) is 0 Å². The monoisotopic (exact) mass is 212 g/mol. The molecule has 2 heterocycles. The molecule has 0 aromatic carbocycles. The second-order valence-electron chi connectivity index (χ2n) is 4.78. The van der Waals surface area contributed by atoms with E-state index in [-0.39, 0.29) is 0 Å². The lowest BCUT2D eigenvalue weighted by Crippen LogP contribution is -2.41. The minimum atomic E-state index is 0.506. The first-order chi connectivity index (χ1) is 7.38. The number of hydrogen-bond donors (Lipinski definition) is 1. The van der Waals surface area contributed by atoms with E-state index in [1.54, 1.807) is 0 Å². The van der Waals surface area contributed by atoms with E-state index in [4.69, 9.17) is 4.74 Å². The normalized spacial score (nSPS) is 31.6. The summed E-state index contributed by atoms with van der Waals surface area (Å²) < 4.78 is 5.69. The van der Waals surface area contributed by atoms with Gasteiger partial charge in [0.05, 0.1) is 6.10 Å². The van der Waals surface area contributed by atoms with Crippen molar-refractivity contribution in [2.45, 2.75) is 44.8 Å². The quantitative estimate of drug-likeness (QED) is 0.742. The summed E-state index contributed by atoms with van der Waals surface area (Å²) in [6, 6.07) is 0.728. The van der Waals surface area contributed by atoms with Crippen LogP contribution in [0.15, 0.2) is 0 Å². The number of likely N-dealkylation sites (N-methyl/N-ethyl adjacent to an activating group) is 1. The Morgan fingerprint density at radius 3 is 2.80 bits per heavy atom. The third-order valence-corrected chi connectivity index (χ3v) is 3.57. The van der Waals surface area contributed by atoms with Gasteiger partial charge in [0.15, 0.2) is 0 Å². The molecule has 1 unspecified atom stereocenters. The average molecular weight is 212 g/mol.